The SMILES string of the molecule is CCc1cnc(N(CCCN2CCc3ccc(CC(=O)OC)cc3C2)Cc2ccc(OC(F)(F)F)cc2)nc1. The number of esters is 1. The van der Waals surface area contributed by atoms with Crippen LogP contribution in [0, 0.1) is 0 Å². The number of carbonyl (C=O) groups is 1. The van der Waals surface area contributed by atoms with Gasteiger partial charge in [-0.2, -0.15) is 0 Å². The molecule has 3 aromatic rings. The van der Waals surface area contributed by atoms with E-state index in [1.54, 1.807) is 12.1 Å². The van der Waals surface area contributed by atoms with Gasteiger partial charge in [-0.3, -0.25) is 9.69 Å². The lowest BCUT2D eigenvalue weighted by Crippen LogP contribution is -2.34. The zero-order valence-corrected chi connectivity index (χ0v) is 22.2. The summed E-state index contributed by atoms with van der Waals surface area (Å²) in [5.41, 5.74) is 5.36. The lowest BCUT2D eigenvalue weighted by Gasteiger charge is -2.30. The van der Waals surface area contributed by atoms with Crippen molar-refractivity contribution in [2.45, 2.75) is 52.1 Å². The number of ether oxygens (including phenoxy) is 2. The van der Waals surface area contributed by atoms with Crippen molar-refractivity contribution >= 4 is 11.9 Å². The standard InChI is InChI=1S/C29H33F3N4O3/c1-3-21-17-33-28(34-18-21)36(19-22-6-9-26(10-7-22)39-29(30,31)32)13-4-12-35-14-11-24-8-5-23(15-25(24)20-35)16-27(37)38-2/h5-10,15,17-18H,3-4,11-14,16,19-20H2,1-2H3. The van der Waals surface area contributed by atoms with Crippen LogP contribution in [0.25, 0.3) is 0 Å². The number of anilines is 1. The van der Waals surface area contributed by atoms with E-state index in [1.165, 1.54) is 30.4 Å². The van der Waals surface area contributed by atoms with E-state index in [4.69, 9.17) is 4.74 Å². The van der Waals surface area contributed by atoms with Crippen molar-refractivity contribution in [2.75, 3.05) is 31.6 Å². The van der Waals surface area contributed by atoms with E-state index in [1.807, 2.05) is 30.3 Å². The number of hydrogen-bond acceptors (Lipinski definition) is 7. The molecule has 0 N–H and O–H groups in total. The molecule has 1 aliphatic rings. The molecule has 4 rings (SSSR count). The summed E-state index contributed by atoms with van der Waals surface area (Å²) in [7, 11) is 1.40. The maximum atomic E-state index is 12.5. The fourth-order valence-corrected chi connectivity index (χ4v) is 4.65. The Labute approximate surface area is 226 Å². The molecular formula is C29H33F3N4O3. The number of halogens is 3. The van der Waals surface area contributed by atoms with Gasteiger partial charge in [0.1, 0.15) is 5.75 Å². The second kappa shape index (κ2) is 12.9. The number of methoxy groups -OCH3 is 1. The first-order valence-corrected chi connectivity index (χ1v) is 13.0. The Morgan fingerprint density at radius 2 is 1.74 bits per heavy atom. The van der Waals surface area contributed by atoms with Crippen LogP contribution in [0.2, 0.25) is 0 Å². The van der Waals surface area contributed by atoms with Crippen molar-refractivity contribution in [2.24, 2.45) is 0 Å². The summed E-state index contributed by atoms with van der Waals surface area (Å²) in [6.07, 6.45) is 1.79. The maximum Gasteiger partial charge on any atom is 0.573 e. The zero-order valence-electron chi connectivity index (χ0n) is 22.2. The van der Waals surface area contributed by atoms with Crippen LogP contribution in [0.5, 0.6) is 5.75 Å². The molecule has 2 heterocycles. The molecule has 0 aliphatic carbocycles. The largest absolute Gasteiger partial charge is 0.573 e. The van der Waals surface area contributed by atoms with Crippen molar-refractivity contribution in [1.29, 1.82) is 0 Å². The second-order valence-electron chi connectivity index (χ2n) is 9.59. The van der Waals surface area contributed by atoms with Gasteiger partial charge in [-0.1, -0.05) is 37.3 Å². The molecule has 0 atom stereocenters. The van der Waals surface area contributed by atoms with Crippen LogP contribution < -0.4 is 9.64 Å². The van der Waals surface area contributed by atoms with Gasteiger partial charge in [0.2, 0.25) is 5.95 Å². The van der Waals surface area contributed by atoms with E-state index in [-0.39, 0.29) is 18.1 Å². The van der Waals surface area contributed by atoms with Gasteiger partial charge in [-0.15, -0.1) is 13.2 Å². The molecule has 0 radical (unpaired) electrons. The van der Waals surface area contributed by atoms with Gasteiger partial charge in [-0.25, -0.2) is 9.97 Å². The van der Waals surface area contributed by atoms with Crippen molar-refractivity contribution in [1.82, 2.24) is 14.9 Å². The van der Waals surface area contributed by atoms with Crippen LogP contribution in [0.3, 0.4) is 0 Å². The highest BCUT2D eigenvalue weighted by atomic mass is 19.4. The summed E-state index contributed by atoms with van der Waals surface area (Å²) in [6, 6.07) is 12.1. The monoisotopic (exact) mass is 542 g/mol. The molecule has 2 aromatic carbocycles. The minimum absolute atomic E-state index is 0.249. The first-order valence-electron chi connectivity index (χ1n) is 13.0. The van der Waals surface area contributed by atoms with E-state index >= 15 is 0 Å². The average Bonchev–Trinajstić information content (AvgIpc) is 2.92. The maximum absolute atomic E-state index is 12.5. The second-order valence-corrected chi connectivity index (χ2v) is 9.59. The number of fused-ring (bicyclic) bond motifs is 1. The number of nitrogens with zero attached hydrogens (tertiary/aromatic N) is 4. The summed E-state index contributed by atoms with van der Waals surface area (Å²) < 4.78 is 46.4. The number of hydrogen-bond donors (Lipinski definition) is 0. The van der Waals surface area contributed by atoms with Crippen LogP contribution >= 0.6 is 0 Å². The molecule has 0 unspecified atom stereocenters. The lowest BCUT2D eigenvalue weighted by atomic mass is 9.96. The van der Waals surface area contributed by atoms with E-state index in [0.717, 1.165) is 55.6 Å². The molecule has 0 bridgehead atoms. The Balaban J connectivity index is 1.39. The van der Waals surface area contributed by atoms with E-state index in [2.05, 4.69) is 31.7 Å². The summed E-state index contributed by atoms with van der Waals surface area (Å²) in [5, 5.41) is 0. The summed E-state index contributed by atoms with van der Waals surface area (Å²) in [5.74, 6) is 0.0835. The van der Waals surface area contributed by atoms with Crippen LogP contribution in [0.1, 0.15) is 41.2 Å². The molecule has 7 nitrogen and oxygen atoms in total. The van der Waals surface area contributed by atoms with Gasteiger partial charge in [0.05, 0.1) is 13.5 Å². The highest BCUT2D eigenvalue weighted by molar-refractivity contribution is 5.72. The van der Waals surface area contributed by atoms with Crippen LogP contribution in [0.4, 0.5) is 19.1 Å². The molecular weight excluding hydrogens is 509 g/mol. The Hall–Kier alpha value is -3.66. The van der Waals surface area contributed by atoms with Crippen molar-refractivity contribution < 1.29 is 27.4 Å². The van der Waals surface area contributed by atoms with Gasteiger partial charge in [0.15, 0.2) is 0 Å². The molecule has 0 amide bonds. The number of benzene rings is 2. The number of aryl methyl sites for hydroxylation is 1. The molecule has 0 saturated carbocycles. The first kappa shape index (κ1) is 28.4. The third-order valence-electron chi connectivity index (χ3n) is 6.75. The fraction of sp³-hybridized carbons (Fsp3) is 0.414. The predicted molar refractivity (Wildman–Crippen MR) is 141 cm³/mol. The van der Waals surface area contributed by atoms with Gasteiger partial charge in [0, 0.05) is 45.1 Å². The normalized spacial score (nSPS) is 13.6. The molecule has 1 aliphatic heterocycles. The van der Waals surface area contributed by atoms with E-state index in [9.17, 15) is 18.0 Å². The average molecular weight is 543 g/mol. The summed E-state index contributed by atoms with van der Waals surface area (Å²) in [4.78, 5) is 25.2. The van der Waals surface area contributed by atoms with Crippen molar-refractivity contribution in [3.05, 3.63) is 82.7 Å². The summed E-state index contributed by atoms with van der Waals surface area (Å²) in [6.45, 7) is 5.80. The smallest absolute Gasteiger partial charge is 0.469 e. The Morgan fingerprint density at radius 3 is 2.41 bits per heavy atom. The predicted octanol–water partition coefficient (Wildman–Crippen LogP) is 5.11. The Kier molecular flexibility index (Phi) is 9.40. The topological polar surface area (TPSA) is 67.8 Å². The molecule has 0 saturated heterocycles. The molecule has 0 fully saturated rings. The van der Waals surface area contributed by atoms with Gasteiger partial charge < -0.3 is 14.4 Å². The van der Waals surface area contributed by atoms with E-state index < -0.39 is 6.36 Å². The number of rotatable bonds is 11. The van der Waals surface area contributed by atoms with Crippen molar-refractivity contribution in [3.8, 4) is 5.75 Å². The Morgan fingerprint density at radius 1 is 1.03 bits per heavy atom. The third kappa shape index (κ3) is 8.41. The molecule has 208 valence electrons. The van der Waals surface area contributed by atoms with Crippen LogP contribution in [-0.4, -0.2) is 53.9 Å². The van der Waals surface area contributed by atoms with Gasteiger partial charge in [-0.05, 0) is 59.2 Å². The van der Waals surface area contributed by atoms with Crippen LogP contribution in [-0.2, 0) is 41.9 Å². The molecule has 10 heteroatoms. The lowest BCUT2D eigenvalue weighted by molar-refractivity contribution is -0.274. The molecule has 0 spiro atoms. The quantitative estimate of drug-likeness (QED) is 0.312. The molecule has 39 heavy (non-hydrogen) atoms. The number of alkyl halides is 3. The van der Waals surface area contributed by atoms with Crippen molar-refractivity contribution in [3.63, 3.8) is 0 Å². The highest BCUT2D eigenvalue weighted by Crippen LogP contribution is 2.24. The first-order chi connectivity index (χ1) is 18.7. The number of aromatic nitrogens is 2. The fourth-order valence-electron chi connectivity index (χ4n) is 4.65. The third-order valence-corrected chi connectivity index (χ3v) is 6.75. The van der Waals surface area contributed by atoms with Crippen LogP contribution in [0.15, 0.2) is 54.9 Å². The highest BCUT2D eigenvalue weighted by Gasteiger charge is 2.31. The zero-order chi connectivity index (χ0) is 27.8. The Bertz CT molecular complexity index is 1230. The number of carbonyl (C=O) groups excluding carboxylic acids is 1. The van der Waals surface area contributed by atoms with Gasteiger partial charge in [0.25, 0.3) is 0 Å². The molecule has 1 aromatic heterocycles. The van der Waals surface area contributed by atoms with Gasteiger partial charge >= 0.3 is 12.3 Å². The summed E-state index contributed by atoms with van der Waals surface area (Å²) >= 11 is 0. The van der Waals surface area contributed by atoms with E-state index in [0.29, 0.717) is 19.0 Å². The minimum atomic E-state index is -4.72. The minimum Gasteiger partial charge on any atom is -0.469 e.